The number of benzene rings is 1. The molecule has 1 saturated heterocycles. The summed E-state index contributed by atoms with van der Waals surface area (Å²) in [5.41, 5.74) is 4.02. The largest absolute Gasteiger partial charge is 0.385 e. The van der Waals surface area contributed by atoms with E-state index in [9.17, 15) is 0 Å². The van der Waals surface area contributed by atoms with Crippen LogP contribution in [0.2, 0.25) is 0 Å². The predicted molar refractivity (Wildman–Crippen MR) is 69.8 cm³/mol. The summed E-state index contributed by atoms with van der Waals surface area (Å²) in [6.07, 6.45) is 1.38. The molecule has 1 heterocycles. The van der Waals surface area contributed by atoms with Crippen molar-refractivity contribution in [1.29, 1.82) is 0 Å². The van der Waals surface area contributed by atoms with Gasteiger partial charge in [0.1, 0.15) is 0 Å². The molecule has 82 valence electrons. The summed E-state index contributed by atoms with van der Waals surface area (Å²) in [7, 11) is 0. The van der Waals surface area contributed by atoms with Gasteiger partial charge in [-0.05, 0) is 61.0 Å². The minimum atomic E-state index is 0.872. The SMILES string of the molecule is Cc1ccc(NCC2CCSC2)cc1C. The second kappa shape index (κ2) is 4.93. The molecule has 1 atom stereocenters. The van der Waals surface area contributed by atoms with Gasteiger partial charge < -0.3 is 5.32 Å². The van der Waals surface area contributed by atoms with E-state index in [-0.39, 0.29) is 0 Å². The summed E-state index contributed by atoms with van der Waals surface area (Å²) in [6.45, 7) is 5.47. The van der Waals surface area contributed by atoms with Crippen LogP contribution in [0, 0.1) is 19.8 Å². The van der Waals surface area contributed by atoms with Crippen molar-refractivity contribution in [2.75, 3.05) is 23.4 Å². The monoisotopic (exact) mass is 221 g/mol. The Balaban J connectivity index is 1.90. The van der Waals surface area contributed by atoms with E-state index < -0.39 is 0 Å². The molecule has 2 heteroatoms. The van der Waals surface area contributed by atoms with Crippen LogP contribution >= 0.6 is 11.8 Å². The molecule has 15 heavy (non-hydrogen) atoms. The Morgan fingerprint density at radius 3 is 2.87 bits per heavy atom. The van der Waals surface area contributed by atoms with E-state index in [1.807, 2.05) is 0 Å². The molecule has 0 amide bonds. The van der Waals surface area contributed by atoms with Crippen LogP contribution in [0.25, 0.3) is 0 Å². The molecule has 1 nitrogen and oxygen atoms in total. The predicted octanol–water partition coefficient (Wildman–Crippen LogP) is 3.47. The zero-order valence-corrected chi connectivity index (χ0v) is 10.4. The van der Waals surface area contributed by atoms with Gasteiger partial charge in [-0.25, -0.2) is 0 Å². The van der Waals surface area contributed by atoms with E-state index in [0.717, 1.165) is 12.5 Å². The first-order chi connectivity index (χ1) is 7.25. The van der Waals surface area contributed by atoms with Gasteiger partial charge in [-0.1, -0.05) is 6.07 Å². The van der Waals surface area contributed by atoms with Crippen molar-refractivity contribution in [2.45, 2.75) is 20.3 Å². The van der Waals surface area contributed by atoms with Crippen LogP contribution in [-0.4, -0.2) is 18.1 Å². The lowest BCUT2D eigenvalue weighted by Gasteiger charge is -2.12. The van der Waals surface area contributed by atoms with Crippen LogP contribution in [0.4, 0.5) is 5.69 Å². The van der Waals surface area contributed by atoms with Crippen LogP contribution in [0.3, 0.4) is 0 Å². The van der Waals surface area contributed by atoms with Gasteiger partial charge >= 0.3 is 0 Å². The standard InChI is InChI=1S/C13H19NS/c1-10-3-4-13(7-11(10)2)14-8-12-5-6-15-9-12/h3-4,7,12,14H,5-6,8-9H2,1-2H3. The Hall–Kier alpha value is -0.630. The molecule has 0 radical (unpaired) electrons. The second-order valence-corrected chi connectivity index (χ2v) is 5.56. The number of thioether (sulfide) groups is 1. The molecule has 1 aromatic carbocycles. The first kappa shape index (κ1) is 10.9. The number of nitrogens with one attached hydrogen (secondary N) is 1. The van der Waals surface area contributed by atoms with Crippen LogP contribution in [0.15, 0.2) is 18.2 Å². The van der Waals surface area contributed by atoms with Crippen LogP contribution in [0.1, 0.15) is 17.5 Å². The molecule has 1 aliphatic rings. The normalized spacial score (nSPS) is 20.5. The van der Waals surface area contributed by atoms with E-state index in [4.69, 9.17) is 0 Å². The van der Waals surface area contributed by atoms with Gasteiger partial charge in [0.05, 0.1) is 0 Å². The van der Waals surface area contributed by atoms with Gasteiger partial charge in [-0.3, -0.25) is 0 Å². The maximum absolute atomic E-state index is 3.54. The summed E-state index contributed by atoms with van der Waals surface area (Å²) >= 11 is 2.08. The molecular weight excluding hydrogens is 202 g/mol. The van der Waals surface area contributed by atoms with Gasteiger partial charge in [0.25, 0.3) is 0 Å². The summed E-state index contributed by atoms with van der Waals surface area (Å²) in [5.74, 6) is 3.55. The highest BCUT2D eigenvalue weighted by molar-refractivity contribution is 7.99. The fourth-order valence-electron chi connectivity index (χ4n) is 1.86. The van der Waals surface area contributed by atoms with Crippen molar-refractivity contribution in [1.82, 2.24) is 0 Å². The van der Waals surface area contributed by atoms with Crippen molar-refractivity contribution in [3.63, 3.8) is 0 Å². The minimum absolute atomic E-state index is 0.872. The van der Waals surface area contributed by atoms with Crippen molar-refractivity contribution in [2.24, 2.45) is 5.92 Å². The average molecular weight is 221 g/mol. The third kappa shape index (κ3) is 2.91. The minimum Gasteiger partial charge on any atom is -0.385 e. The number of hydrogen-bond donors (Lipinski definition) is 1. The van der Waals surface area contributed by atoms with Crippen LogP contribution in [-0.2, 0) is 0 Å². The van der Waals surface area contributed by atoms with E-state index in [1.54, 1.807) is 0 Å². The number of aryl methyl sites for hydroxylation is 2. The molecule has 1 fully saturated rings. The van der Waals surface area contributed by atoms with E-state index in [2.05, 4.69) is 49.1 Å². The Morgan fingerprint density at radius 1 is 1.33 bits per heavy atom. The van der Waals surface area contributed by atoms with E-state index in [1.165, 1.54) is 34.7 Å². The Morgan fingerprint density at radius 2 is 2.20 bits per heavy atom. The van der Waals surface area contributed by atoms with E-state index >= 15 is 0 Å². The summed E-state index contributed by atoms with van der Waals surface area (Å²) in [6, 6.07) is 6.63. The summed E-state index contributed by atoms with van der Waals surface area (Å²) < 4.78 is 0. The molecule has 0 bridgehead atoms. The second-order valence-electron chi connectivity index (χ2n) is 4.41. The van der Waals surface area contributed by atoms with Crippen molar-refractivity contribution in [3.8, 4) is 0 Å². The smallest absolute Gasteiger partial charge is 0.0343 e. The summed E-state index contributed by atoms with van der Waals surface area (Å²) in [5, 5.41) is 3.54. The van der Waals surface area contributed by atoms with Gasteiger partial charge in [0, 0.05) is 12.2 Å². The van der Waals surface area contributed by atoms with Crippen molar-refractivity contribution >= 4 is 17.4 Å². The summed E-state index contributed by atoms with van der Waals surface area (Å²) in [4.78, 5) is 0. The molecule has 0 aliphatic carbocycles. The molecule has 1 aliphatic heterocycles. The molecule has 0 saturated carbocycles. The fourth-order valence-corrected chi connectivity index (χ4v) is 3.14. The zero-order valence-electron chi connectivity index (χ0n) is 9.55. The molecule has 0 spiro atoms. The third-order valence-electron chi connectivity index (χ3n) is 3.13. The maximum atomic E-state index is 3.54. The van der Waals surface area contributed by atoms with Crippen molar-refractivity contribution in [3.05, 3.63) is 29.3 Å². The molecule has 1 unspecified atom stereocenters. The first-order valence-electron chi connectivity index (χ1n) is 5.64. The highest BCUT2D eigenvalue weighted by Gasteiger charge is 2.14. The average Bonchev–Trinajstić information content (AvgIpc) is 2.73. The first-order valence-corrected chi connectivity index (χ1v) is 6.80. The third-order valence-corrected chi connectivity index (χ3v) is 4.36. The maximum Gasteiger partial charge on any atom is 0.0343 e. The highest BCUT2D eigenvalue weighted by atomic mass is 32.2. The van der Waals surface area contributed by atoms with E-state index in [0.29, 0.717) is 0 Å². The Bertz CT molecular complexity index is 329. The lowest BCUT2D eigenvalue weighted by atomic mass is 10.1. The molecule has 1 aromatic rings. The lowest BCUT2D eigenvalue weighted by molar-refractivity contribution is 0.632. The molecule has 2 rings (SSSR count). The fraction of sp³-hybridized carbons (Fsp3) is 0.538. The van der Waals surface area contributed by atoms with Crippen LogP contribution < -0.4 is 5.32 Å². The topological polar surface area (TPSA) is 12.0 Å². The molecular formula is C13H19NS. The lowest BCUT2D eigenvalue weighted by Crippen LogP contribution is -2.13. The quantitative estimate of drug-likeness (QED) is 0.839. The van der Waals surface area contributed by atoms with Crippen molar-refractivity contribution < 1.29 is 0 Å². The van der Waals surface area contributed by atoms with Gasteiger partial charge in [-0.15, -0.1) is 0 Å². The molecule has 1 N–H and O–H groups in total. The highest BCUT2D eigenvalue weighted by Crippen LogP contribution is 2.24. The number of hydrogen-bond acceptors (Lipinski definition) is 2. The Kier molecular flexibility index (Phi) is 3.57. The Labute approximate surface area is 96.7 Å². The number of anilines is 1. The van der Waals surface area contributed by atoms with Gasteiger partial charge in [0.2, 0.25) is 0 Å². The zero-order chi connectivity index (χ0) is 10.7. The van der Waals surface area contributed by atoms with Gasteiger partial charge in [-0.2, -0.15) is 11.8 Å². The van der Waals surface area contributed by atoms with Gasteiger partial charge in [0.15, 0.2) is 0 Å². The number of rotatable bonds is 3. The molecule has 0 aromatic heterocycles. The van der Waals surface area contributed by atoms with Crippen LogP contribution in [0.5, 0.6) is 0 Å².